The zero-order chi connectivity index (χ0) is 38.6. The Morgan fingerprint density at radius 2 is 1.06 bits per heavy atom. The molecule has 0 spiro atoms. The number of rotatable bonds is 40. The second-order valence-electron chi connectivity index (χ2n) is 16.4. The van der Waals surface area contributed by atoms with E-state index in [2.05, 4.69) is 31.3 Å². The Morgan fingerprint density at radius 3 is 1.50 bits per heavy atom. The minimum absolute atomic E-state index is 0.0124. The third kappa shape index (κ3) is 37.6. The van der Waals surface area contributed by atoms with Crippen LogP contribution in [0.4, 0.5) is 0 Å². The molecule has 310 valence electrons. The summed E-state index contributed by atoms with van der Waals surface area (Å²) in [5, 5.41) is 13.9. The van der Waals surface area contributed by atoms with Crippen molar-refractivity contribution in [1.82, 2.24) is 5.32 Å². The Hall–Kier alpha value is -0.760. The number of hydrogen-bond acceptors (Lipinski definition) is 6. The van der Waals surface area contributed by atoms with Crippen LogP contribution < -0.4 is 10.2 Å². The monoisotopic (exact) mass is 759 g/mol. The van der Waals surface area contributed by atoms with Gasteiger partial charge in [-0.15, -0.1) is 0 Å². The number of phosphoric acid groups is 1. The van der Waals surface area contributed by atoms with E-state index in [1.54, 1.807) is 0 Å². The molecule has 0 heterocycles. The highest BCUT2D eigenvalue weighted by atomic mass is 31.2. The topological polar surface area (TPSA) is 108 Å². The smallest absolute Gasteiger partial charge is 0.268 e. The summed E-state index contributed by atoms with van der Waals surface area (Å²) in [5.74, 6) is -0.173. The predicted octanol–water partition coefficient (Wildman–Crippen LogP) is 11.3. The van der Waals surface area contributed by atoms with Crippen molar-refractivity contribution in [3.63, 3.8) is 0 Å². The van der Waals surface area contributed by atoms with Gasteiger partial charge in [-0.3, -0.25) is 9.36 Å². The van der Waals surface area contributed by atoms with E-state index in [1.807, 2.05) is 21.1 Å². The molecule has 9 heteroatoms. The maximum Gasteiger partial charge on any atom is 0.268 e. The average molecular weight is 759 g/mol. The summed E-state index contributed by atoms with van der Waals surface area (Å²) in [6.07, 6.45) is 39.2. The van der Waals surface area contributed by atoms with Gasteiger partial charge < -0.3 is 28.8 Å². The highest BCUT2D eigenvalue weighted by Gasteiger charge is 2.24. The van der Waals surface area contributed by atoms with Crippen LogP contribution in [0.25, 0.3) is 0 Å². The highest BCUT2D eigenvalue weighted by molar-refractivity contribution is 7.45. The molecule has 0 aliphatic carbocycles. The molecule has 0 saturated carbocycles. The van der Waals surface area contributed by atoms with Gasteiger partial charge >= 0.3 is 0 Å². The van der Waals surface area contributed by atoms with Crippen molar-refractivity contribution < 1.29 is 32.9 Å². The zero-order valence-corrected chi connectivity index (χ0v) is 35.9. The second kappa shape index (κ2) is 35.9. The number of aliphatic hydroxyl groups excluding tert-OH is 1. The van der Waals surface area contributed by atoms with Crippen LogP contribution in [0.2, 0.25) is 0 Å². The van der Waals surface area contributed by atoms with Crippen LogP contribution in [0.3, 0.4) is 0 Å². The molecule has 0 bridgehead atoms. The lowest BCUT2D eigenvalue weighted by Gasteiger charge is -2.30. The van der Waals surface area contributed by atoms with Crippen molar-refractivity contribution in [3.8, 4) is 0 Å². The molecule has 1 amide bonds. The molecule has 0 fully saturated rings. The van der Waals surface area contributed by atoms with Crippen LogP contribution in [0, 0.1) is 0 Å². The number of carbonyl (C=O) groups is 1. The lowest BCUT2D eigenvalue weighted by atomic mass is 10.0. The Morgan fingerprint density at radius 1 is 0.654 bits per heavy atom. The SMILES string of the molecule is CCCCCCCC/C=C/CCCCCCCC(=O)N[C@@H](COP(=O)([O-])OCC[N+](C)(C)C)[C@H](O)CCCCCCCCCCCCCCCCC. The van der Waals surface area contributed by atoms with Crippen LogP contribution in [0.5, 0.6) is 0 Å². The molecule has 0 aromatic carbocycles. The average Bonchev–Trinajstić information content (AvgIpc) is 3.09. The summed E-state index contributed by atoms with van der Waals surface area (Å²) in [4.78, 5) is 25.3. The Balaban J connectivity index is 4.38. The van der Waals surface area contributed by atoms with Gasteiger partial charge in [0, 0.05) is 6.42 Å². The number of phosphoric ester groups is 1. The Labute approximate surface area is 322 Å². The van der Waals surface area contributed by atoms with Crippen molar-refractivity contribution in [2.75, 3.05) is 40.9 Å². The van der Waals surface area contributed by atoms with Gasteiger partial charge in [0.1, 0.15) is 13.2 Å². The number of nitrogens with zero attached hydrogens (tertiary/aromatic N) is 1. The minimum atomic E-state index is -4.56. The van der Waals surface area contributed by atoms with E-state index in [1.165, 1.54) is 128 Å². The number of unbranched alkanes of at least 4 members (excludes halogenated alkanes) is 25. The van der Waals surface area contributed by atoms with Gasteiger partial charge in [0.2, 0.25) is 5.91 Å². The fraction of sp³-hybridized carbons (Fsp3) is 0.930. The van der Waals surface area contributed by atoms with E-state index < -0.39 is 20.0 Å². The van der Waals surface area contributed by atoms with Gasteiger partial charge in [-0.05, 0) is 38.5 Å². The molecule has 3 atom stereocenters. The number of aliphatic hydroxyl groups is 1. The summed E-state index contributed by atoms with van der Waals surface area (Å²) in [6, 6.07) is -0.799. The first kappa shape index (κ1) is 51.2. The van der Waals surface area contributed by atoms with Crippen LogP contribution >= 0.6 is 7.82 Å². The van der Waals surface area contributed by atoms with Crippen molar-refractivity contribution in [3.05, 3.63) is 12.2 Å². The van der Waals surface area contributed by atoms with E-state index in [-0.39, 0.29) is 19.1 Å². The standard InChI is InChI=1S/C43H87N2O6P/c1-6-8-10-12-14-16-18-20-22-24-26-28-30-32-34-36-42(46)41(40-51-52(48,49)50-39-38-45(3,4)5)44-43(47)37-35-33-31-29-27-25-23-21-19-17-15-13-11-9-7-2/h21,23,41-42,46H,6-20,22,24-40H2,1-5H3,(H-,44,47,48,49)/b23-21+/t41-,42+/m0/s1. The lowest BCUT2D eigenvalue weighted by molar-refractivity contribution is -0.870. The molecule has 2 N–H and O–H groups in total. The van der Waals surface area contributed by atoms with E-state index in [0.717, 1.165) is 51.4 Å². The van der Waals surface area contributed by atoms with Crippen molar-refractivity contribution in [1.29, 1.82) is 0 Å². The molecule has 1 unspecified atom stereocenters. The van der Waals surface area contributed by atoms with Crippen molar-refractivity contribution >= 4 is 13.7 Å². The molecule has 0 aliphatic heterocycles. The number of hydrogen-bond donors (Lipinski definition) is 2. The quantitative estimate of drug-likeness (QED) is 0.0279. The number of nitrogens with one attached hydrogen (secondary N) is 1. The molecule has 0 aliphatic rings. The van der Waals surface area contributed by atoms with Gasteiger partial charge in [-0.25, -0.2) is 0 Å². The number of carbonyl (C=O) groups excluding carboxylic acids is 1. The van der Waals surface area contributed by atoms with E-state index in [0.29, 0.717) is 23.9 Å². The van der Waals surface area contributed by atoms with Crippen molar-refractivity contribution in [2.45, 2.75) is 219 Å². The summed E-state index contributed by atoms with van der Waals surface area (Å²) < 4.78 is 23.2. The van der Waals surface area contributed by atoms with Crippen molar-refractivity contribution in [2.24, 2.45) is 0 Å². The third-order valence-electron chi connectivity index (χ3n) is 10.0. The van der Waals surface area contributed by atoms with E-state index in [9.17, 15) is 19.4 Å². The first-order valence-corrected chi connectivity index (χ1v) is 23.5. The van der Waals surface area contributed by atoms with Gasteiger partial charge in [0.15, 0.2) is 0 Å². The molecular formula is C43H87N2O6P. The molecule has 0 radical (unpaired) electrons. The molecule has 0 aromatic heterocycles. The summed E-state index contributed by atoms with van der Waals surface area (Å²) in [5.41, 5.74) is 0. The minimum Gasteiger partial charge on any atom is -0.756 e. The summed E-state index contributed by atoms with van der Waals surface area (Å²) in [7, 11) is 1.30. The maximum atomic E-state index is 12.8. The number of likely N-dealkylation sites (N-methyl/N-ethyl adjacent to an activating group) is 1. The first-order chi connectivity index (χ1) is 25.0. The lowest BCUT2D eigenvalue weighted by Crippen LogP contribution is -2.46. The van der Waals surface area contributed by atoms with E-state index >= 15 is 0 Å². The van der Waals surface area contributed by atoms with Crippen LogP contribution in [-0.4, -0.2) is 68.5 Å². The third-order valence-corrected chi connectivity index (χ3v) is 11.0. The van der Waals surface area contributed by atoms with Crippen LogP contribution in [0.15, 0.2) is 12.2 Å². The molecule has 0 rings (SSSR count). The van der Waals surface area contributed by atoms with Gasteiger partial charge in [0.05, 0.1) is 39.9 Å². The molecule has 8 nitrogen and oxygen atoms in total. The fourth-order valence-electron chi connectivity index (χ4n) is 6.45. The molecule has 52 heavy (non-hydrogen) atoms. The molecule has 0 saturated heterocycles. The normalized spacial score (nSPS) is 14.5. The molecule has 0 aromatic rings. The van der Waals surface area contributed by atoms with Gasteiger partial charge in [0.25, 0.3) is 7.82 Å². The maximum absolute atomic E-state index is 12.8. The number of quaternary nitrogens is 1. The number of amides is 1. The Bertz CT molecular complexity index is 865. The van der Waals surface area contributed by atoms with Gasteiger partial charge in [-0.1, -0.05) is 174 Å². The van der Waals surface area contributed by atoms with Crippen LogP contribution in [-0.2, 0) is 18.4 Å². The summed E-state index contributed by atoms with van der Waals surface area (Å²) >= 11 is 0. The predicted molar refractivity (Wildman–Crippen MR) is 219 cm³/mol. The van der Waals surface area contributed by atoms with E-state index in [4.69, 9.17) is 9.05 Å². The zero-order valence-electron chi connectivity index (χ0n) is 35.0. The largest absolute Gasteiger partial charge is 0.756 e. The highest BCUT2D eigenvalue weighted by Crippen LogP contribution is 2.38. The fourth-order valence-corrected chi connectivity index (χ4v) is 7.17. The summed E-state index contributed by atoms with van der Waals surface area (Å²) in [6.45, 7) is 4.71. The molecular weight excluding hydrogens is 671 g/mol. The van der Waals surface area contributed by atoms with Crippen LogP contribution in [0.1, 0.15) is 206 Å². The first-order valence-electron chi connectivity index (χ1n) is 22.0. The number of allylic oxidation sites excluding steroid dienone is 2. The Kier molecular flexibility index (Phi) is 35.4. The van der Waals surface area contributed by atoms with Gasteiger partial charge in [-0.2, -0.15) is 0 Å². The second-order valence-corrected chi connectivity index (χ2v) is 17.8.